The van der Waals surface area contributed by atoms with E-state index in [-0.39, 0.29) is 5.56 Å². The first-order valence-corrected chi connectivity index (χ1v) is 6.31. The molecule has 3 rings (SSSR count). The van der Waals surface area contributed by atoms with Crippen molar-refractivity contribution in [2.24, 2.45) is 7.05 Å². The van der Waals surface area contributed by atoms with Crippen LogP contribution in [-0.4, -0.2) is 24.5 Å². The van der Waals surface area contributed by atoms with Crippen molar-refractivity contribution in [3.8, 4) is 5.95 Å². The maximum atomic E-state index is 12.3. The molecule has 3 aromatic rings. The van der Waals surface area contributed by atoms with E-state index in [9.17, 15) is 4.79 Å². The molecule has 0 N–H and O–H groups in total. The fourth-order valence-electron chi connectivity index (χ4n) is 1.93. The van der Waals surface area contributed by atoms with Gasteiger partial charge in [-0.2, -0.15) is 19.9 Å². The summed E-state index contributed by atoms with van der Waals surface area (Å²) in [4.78, 5) is 16.6. The zero-order valence-corrected chi connectivity index (χ0v) is 11.0. The van der Waals surface area contributed by atoms with Crippen LogP contribution in [0.1, 0.15) is 11.5 Å². The number of thiophene rings is 1. The van der Waals surface area contributed by atoms with E-state index in [2.05, 4.69) is 15.2 Å². The van der Waals surface area contributed by atoms with Crippen molar-refractivity contribution < 1.29 is 0 Å². The zero-order chi connectivity index (χ0) is 12.9. The summed E-state index contributed by atoms with van der Waals surface area (Å²) in [7, 11) is 1.75. The second-order valence-electron chi connectivity index (χ2n) is 4.05. The van der Waals surface area contributed by atoms with Crippen LogP contribution in [0.15, 0.2) is 16.2 Å². The summed E-state index contributed by atoms with van der Waals surface area (Å²) < 4.78 is 3.57. The summed E-state index contributed by atoms with van der Waals surface area (Å²) in [6.07, 6.45) is 0. The molecule has 0 bridgehead atoms. The van der Waals surface area contributed by atoms with Gasteiger partial charge in [-0.25, -0.2) is 4.68 Å². The summed E-state index contributed by atoms with van der Waals surface area (Å²) >= 11 is 1.42. The van der Waals surface area contributed by atoms with Crippen molar-refractivity contribution in [3.63, 3.8) is 0 Å². The Morgan fingerprint density at radius 2 is 2.06 bits per heavy atom. The van der Waals surface area contributed by atoms with Crippen LogP contribution >= 0.6 is 11.3 Å². The number of aryl methyl sites for hydroxylation is 3. The average Bonchev–Trinajstić information content (AvgIpc) is 2.91. The molecule has 0 radical (unpaired) electrons. The standard InChI is InChI=1S/C11H11N5OS/c1-6-8-4-5-18-9(8)10(17)16(13-6)11-12-7(2)14-15(11)3/h4-5H,1-3H3. The Morgan fingerprint density at radius 3 is 2.72 bits per heavy atom. The number of hydrogen-bond donors (Lipinski definition) is 0. The molecule has 0 fully saturated rings. The van der Waals surface area contributed by atoms with E-state index < -0.39 is 0 Å². The quantitative estimate of drug-likeness (QED) is 0.660. The van der Waals surface area contributed by atoms with Gasteiger partial charge < -0.3 is 0 Å². The van der Waals surface area contributed by atoms with Crippen molar-refractivity contribution >= 4 is 21.4 Å². The Hall–Kier alpha value is -2.02. The molecule has 3 heterocycles. The molecular weight excluding hydrogens is 250 g/mol. The normalized spacial score (nSPS) is 11.3. The van der Waals surface area contributed by atoms with Crippen molar-refractivity contribution in [3.05, 3.63) is 33.3 Å². The Bertz CT molecular complexity index is 797. The fourth-order valence-corrected chi connectivity index (χ4v) is 2.80. The highest BCUT2D eigenvalue weighted by atomic mass is 32.1. The Morgan fingerprint density at radius 1 is 1.28 bits per heavy atom. The van der Waals surface area contributed by atoms with Gasteiger partial charge in [-0.1, -0.05) is 0 Å². The molecule has 3 aromatic heterocycles. The molecule has 0 atom stereocenters. The first-order valence-electron chi connectivity index (χ1n) is 5.43. The highest BCUT2D eigenvalue weighted by Gasteiger charge is 2.14. The summed E-state index contributed by atoms with van der Waals surface area (Å²) in [6.45, 7) is 3.67. The van der Waals surface area contributed by atoms with Gasteiger partial charge in [-0.15, -0.1) is 11.3 Å². The van der Waals surface area contributed by atoms with Crippen molar-refractivity contribution in [2.45, 2.75) is 13.8 Å². The van der Waals surface area contributed by atoms with Crippen molar-refractivity contribution in [1.82, 2.24) is 24.5 Å². The van der Waals surface area contributed by atoms with Crippen LogP contribution < -0.4 is 5.56 Å². The highest BCUT2D eigenvalue weighted by Crippen LogP contribution is 2.19. The molecule has 0 aromatic carbocycles. The van der Waals surface area contributed by atoms with Gasteiger partial charge in [0.05, 0.1) is 5.69 Å². The Balaban J connectivity index is 2.39. The molecule has 0 unspecified atom stereocenters. The van der Waals surface area contributed by atoms with Crippen LogP contribution in [0.2, 0.25) is 0 Å². The number of rotatable bonds is 1. The second kappa shape index (κ2) is 3.74. The molecule has 0 aliphatic rings. The summed E-state index contributed by atoms with van der Waals surface area (Å²) in [5.74, 6) is 1.06. The minimum atomic E-state index is -0.152. The average molecular weight is 261 g/mol. The maximum absolute atomic E-state index is 12.3. The van der Waals surface area contributed by atoms with E-state index in [0.717, 1.165) is 11.1 Å². The van der Waals surface area contributed by atoms with Gasteiger partial charge in [0.25, 0.3) is 11.5 Å². The lowest BCUT2D eigenvalue weighted by Crippen LogP contribution is -2.24. The largest absolute Gasteiger partial charge is 0.292 e. The Kier molecular flexibility index (Phi) is 2.30. The van der Waals surface area contributed by atoms with Crippen LogP contribution in [-0.2, 0) is 7.05 Å². The first kappa shape index (κ1) is 11.1. The predicted molar refractivity (Wildman–Crippen MR) is 69.3 cm³/mol. The lowest BCUT2D eigenvalue weighted by Gasteiger charge is -2.04. The van der Waals surface area contributed by atoms with Gasteiger partial charge in [0, 0.05) is 12.4 Å². The van der Waals surface area contributed by atoms with Gasteiger partial charge in [-0.05, 0) is 25.3 Å². The third kappa shape index (κ3) is 1.47. The van der Waals surface area contributed by atoms with Crippen LogP contribution in [0, 0.1) is 13.8 Å². The van der Waals surface area contributed by atoms with Crippen molar-refractivity contribution in [2.75, 3.05) is 0 Å². The number of hydrogen-bond acceptors (Lipinski definition) is 5. The molecule has 7 heteroatoms. The molecule has 0 saturated carbocycles. The van der Waals surface area contributed by atoms with E-state index in [1.54, 1.807) is 18.7 Å². The fraction of sp³-hybridized carbons (Fsp3) is 0.273. The van der Waals surface area contributed by atoms with Crippen LogP contribution in [0.4, 0.5) is 0 Å². The molecule has 0 spiro atoms. The predicted octanol–water partition coefficient (Wildman–Crippen LogP) is 1.19. The molecule has 0 saturated heterocycles. The maximum Gasteiger partial charge on any atom is 0.292 e. The highest BCUT2D eigenvalue weighted by molar-refractivity contribution is 7.17. The van der Waals surface area contributed by atoms with Gasteiger partial charge in [0.15, 0.2) is 0 Å². The first-order chi connectivity index (χ1) is 8.58. The molecular formula is C11H11N5OS. The Labute approximate surface area is 107 Å². The molecule has 18 heavy (non-hydrogen) atoms. The second-order valence-corrected chi connectivity index (χ2v) is 4.96. The molecule has 6 nitrogen and oxygen atoms in total. The number of aromatic nitrogens is 5. The van der Waals surface area contributed by atoms with E-state index in [0.29, 0.717) is 16.5 Å². The summed E-state index contributed by atoms with van der Waals surface area (Å²) in [5.41, 5.74) is 0.660. The number of fused-ring (bicyclic) bond motifs is 1. The van der Waals surface area contributed by atoms with E-state index in [1.165, 1.54) is 16.0 Å². The minimum absolute atomic E-state index is 0.152. The molecule has 0 amide bonds. The zero-order valence-electron chi connectivity index (χ0n) is 10.2. The lowest BCUT2D eigenvalue weighted by molar-refractivity contribution is 0.664. The van der Waals surface area contributed by atoms with Gasteiger partial charge >= 0.3 is 0 Å². The summed E-state index contributed by atoms with van der Waals surface area (Å²) in [5, 5.41) is 11.2. The molecule has 0 aliphatic heterocycles. The smallest absolute Gasteiger partial charge is 0.266 e. The van der Waals surface area contributed by atoms with Gasteiger partial charge in [-0.3, -0.25) is 4.79 Å². The van der Waals surface area contributed by atoms with Crippen LogP contribution in [0.25, 0.3) is 16.0 Å². The lowest BCUT2D eigenvalue weighted by atomic mass is 10.3. The van der Waals surface area contributed by atoms with E-state index in [4.69, 9.17) is 0 Å². The van der Waals surface area contributed by atoms with Gasteiger partial charge in [0.1, 0.15) is 10.5 Å². The van der Waals surface area contributed by atoms with E-state index >= 15 is 0 Å². The SMILES string of the molecule is Cc1nc(-n2nc(C)c3ccsc3c2=O)n(C)n1. The summed E-state index contributed by atoms with van der Waals surface area (Å²) in [6, 6.07) is 1.91. The third-order valence-electron chi connectivity index (χ3n) is 2.73. The van der Waals surface area contributed by atoms with Crippen LogP contribution in [0.3, 0.4) is 0 Å². The van der Waals surface area contributed by atoms with Gasteiger partial charge in [0.2, 0.25) is 0 Å². The monoisotopic (exact) mass is 261 g/mol. The van der Waals surface area contributed by atoms with E-state index in [1.807, 2.05) is 18.4 Å². The molecule has 92 valence electrons. The van der Waals surface area contributed by atoms with Crippen LogP contribution in [0.5, 0.6) is 0 Å². The third-order valence-corrected chi connectivity index (χ3v) is 3.63. The minimum Gasteiger partial charge on any atom is -0.266 e. The number of nitrogens with zero attached hydrogens (tertiary/aromatic N) is 5. The topological polar surface area (TPSA) is 65.6 Å². The van der Waals surface area contributed by atoms with Crippen molar-refractivity contribution in [1.29, 1.82) is 0 Å². The molecule has 0 aliphatic carbocycles.